The van der Waals surface area contributed by atoms with Gasteiger partial charge in [0.05, 0.1) is 18.8 Å². The number of amides is 4. The van der Waals surface area contributed by atoms with Gasteiger partial charge < -0.3 is 40.7 Å². The molecule has 2 aliphatic heterocycles. The van der Waals surface area contributed by atoms with Crippen molar-refractivity contribution in [2.45, 2.75) is 62.6 Å². The van der Waals surface area contributed by atoms with Crippen LogP contribution >= 0.6 is 0 Å². The van der Waals surface area contributed by atoms with Crippen LogP contribution < -0.4 is 26.0 Å². The first-order valence-corrected chi connectivity index (χ1v) is 17.8. The van der Waals surface area contributed by atoms with E-state index in [1.165, 1.54) is 17.2 Å². The van der Waals surface area contributed by atoms with Gasteiger partial charge in [0, 0.05) is 61.2 Å². The monoisotopic (exact) mass is 722 g/mol. The number of carboxylic acid groups (broad SMARTS) is 1. The number of benzene rings is 2. The molecule has 2 fully saturated rings. The van der Waals surface area contributed by atoms with Crippen LogP contribution in [0.2, 0.25) is 0 Å². The summed E-state index contributed by atoms with van der Waals surface area (Å²) in [6, 6.07) is 16.5. The number of carbonyl (C=O) groups is 4. The molecule has 3 heterocycles. The van der Waals surface area contributed by atoms with E-state index in [-0.39, 0.29) is 37.8 Å². The predicted molar refractivity (Wildman–Crippen MR) is 199 cm³/mol. The number of anilines is 1. The summed E-state index contributed by atoms with van der Waals surface area (Å²) in [6.07, 6.45) is 8.62. The summed E-state index contributed by atoms with van der Waals surface area (Å²) < 4.78 is 12.4. The van der Waals surface area contributed by atoms with Crippen molar-refractivity contribution < 1.29 is 33.8 Å². The Bertz CT molecular complexity index is 1870. The van der Waals surface area contributed by atoms with Gasteiger partial charge in [0.15, 0.2) is 5.72 Å². The van der Waals surface area contributed by atoms with Crippen LogP contribution in [0.15, 0.2) is 91.8 Å². The molecule has 0 radical (unpaired) electrons. The standard InChI is InChI=1S/C40H46N6O7/c1-5-28-21-39(28,37(49)50)45-36(48)34-20-32(24-46(34)38(51)43-30(18-25(2)3)23-42-35(47)27-10-9-17-41-22-27)53-40(29-11-7-6-8-12-29)16-15-26-13-14-31(52-4)19-33(26)44-40/h5-17,19,22,25,28,30,32,34,44H,1,18,20-21,23-24H2,2-4H3,(H,42,47)(H,43,51)(H,45,48)(H,49,50)/t28-,30+,32-,34+,39-,40?/m1/s1. The number of hydrogen-bond donors (Lipinski definition) is 5. The molecule has 0 spiro atoms. The summed E-state index contributed by atoms with van der Waals surface area (Å²) in [5.41, 5.74) is 0.224. The fraction of sp³-hybridized carbons (Fsp3) is 0.375. The topological polar surface area (TPSA) is 171 Å². The van der Waals surface area contributed by atoms with Gasteiger partial charge in [-0.15, -0.1) is 6.58 Å². The number of methoxy groups -OCH3 is 1. The maximum atomic E-state index is 14.2. The molecule has 1 unspecified atom stereocenters. The summed E-state index contributed by atoms with van der Waals surface area (Å²) in [4.78, 5) is 58.8. The largest absolute Gasteiger partial charge is 0.497 e. The number of aromatic nitrogens is 1. The maximum Gasteiger partial charge on any atom is 0.330 e. The van der Waals surface area contributed by atoms with E-state index in [9.17, 15) is 24.3 Å². The smallest absolute Gasteiger partial charge is 0.330 e. The van der Waals surface area contributed by atoms with E-state index in [0.717, 1.165) is 16.8 Å². The van der Waals surface area contributed by atoms with E-state index < -0.39 is 53.3 Å². The lowest BCUT2D eigenvalue weighted by Gasteiger charge is -2.38. The fourth-order valence-electron chi connectivity index (χ4n) is 7.13. The molecule has 0 bridgehead atoms. The number of carbonyl (C=O) groups excluding carboxylic acids is 3. The number of likely N-dealkylation sites (tertiary alicyclic amines) is 1. The summed E-state index contributed by atoms with van der Waals surface area (Å²) in [5.74, 6) is -1.69. The zero-order valence-corrected chi connectivity index (χ0v) is 30.1. The number of nitrogens with one attached hydrogen (secondary N) is 4. The van der Waals surface area contributed by atoms with Crippen molar-refractivity contribution in [3.63, 3.8) is 0 Å². The van der Waals surface area contributed by atoms with E-state index >= 15 is 0 Å². The van der Waals surface area contributed by atoms with Crippen molar-refractivity contribution in [2.24, 2.45) is 11.8 Å². The molecule has 13 nitrogen and oxygen atoms in total. The van der Waals surface area contributed by atoms with Gasteiger partial charge in [0.25, 0.3) is 5.91 Å². The van der Waals surface area contributed by atoms with E-state index in [2.05, 4.69) is 32.8 Å². The molecular weight excluding hydrogens is 676 g/mol. The minimum absolute atomic E-state index is 0.0282. The minimum atomic E-state index is -1.49. The second-order valence-corrected chi connectivity index (χ2v) is 14.2. The van der Waals surface area contributed by atoms with Crippen molar-refractivity contribution >= 4 is 35.6 Å². The highest BCUT2D eigenvalue weighted by Gasteiger charge is 2.61. The molecule has 4 amide bonds. The van der Waals surface area contributed by atoms with Crippen molar-refractivity contribution in [1.29, 1.82) is 0 Å². The highest BCUT2D eigenvalue weighted by atomic mass is 16.5. The molecule has 3 aliphatic rings. The van der Waals surface area contributed by atoms with Gasteiger partial charge in [0.2, 0.25) is 5.91 Å². The van der Waals surface area contributed by atoms with Crippen LogP contribution in [0.1, 0.15) is 54.6 Å². The van der Waals surface area contributed by atoms with Gasteiger partial charge in [-0.2, -0.15) is 0 Å². The molecule has 1 saturated carbocycles. The van der Waals surface area contributed by atoms with E-state index in [1.807, 2.05) is 74.5 Å². The zero-order chi connectivity index (χ0) is 37.8. The Morgan fingerprint density at radius 1 is 1.13 bits per heavy atom. The lowest BCUT2D eigenvalue weighted by molar-refractivity contribution is -0.144. The van der Waals surface area contributed by atoms with Crippen LogP contribution in [0.3, 0.4) is 0 Å². The average Bonchev–Trinajstić information content (AvgIpc) is 3.73. The number of nitrogens with zero attached hydrogens (tertiary/aromatic N) is 2. The van der Waals surface area contributed by atoms with Crippen LogP contribution in [0.4, 0.5) is 10.5 Å². The normalized spacial score (nSPS) is 24.7. The Hall–Kier alpha value is -5.69. The Labute approximate surface area is 308 Å². The number of ether oxygens (including phenoxy) is 2. The third-order valence-electron chi connectivity index (χ3n) is 10.0. The predicted octanol–water partition coefficient (Wildman–Crippen LogP) is 4.54. The van der Waals surface area contributed by atoms with Gasteiger partial charge in [-0.3, -0.25) is 14.6 Å². The third-order valence-corrected chi connectivity index (χ3v) is 10.0. The minimum Gasteiger partial charge on any atom is -0.497 e. The van der Waals surface area contributed by atoms with Crippen LogP contribution in [-0.4, -0.2) is 82.7 Å². The van der Waals surface area contributed by atoms with Crippen LogP contribution in [0.25, 0.3) is 6.08 Å². The summed E-state index contributed by atoms with van der Waals surface area (Å²) in [6.45, 7) is 7.92. The molecular formula is C40H46N6O7. The SMILES string of the molecule is C=C[C@@H]1C[C@]1(NC(=O)[C@@H]1C[C@@H](OC2(c3ccccc3)C=Cc3ccc(OC)cc3N2)CN1C(=O)N[C@H](CNC(=O)c1cccnc1)CC(C)C)C(=O)O. The first-order valence-electron chi connectivity index (χ1n) is 17.8. The summed E-state index contributed by atoms with van der Waals surface area (Å²) in [5, 5.41) is 22.3. The molecule has 6 atom stereocenters. The Morgan fingerprint density at radius 2 is 1.92 bits per heavy atom. The molecule has 1 saturated heterocycles. The Morgan fingerprint density at radius 3 is 2.58 bits per heavy atom. The average molecular weight is 723 g/mol. The number of carboxylic acids is 1. The highest BCUT2D eigenvalue weighted by molar-refractivity contribution is 5.95. The maximum absolute atomic E-state index is 14.2. The number of pyridine rings is 1. The van der Waals surface area contributed by atoms with Gasteiger partial charge in [-0.05, 0) is 54.7 Å². The van der Waals surface area contributed by atoms with E-state index in [1.54, 1.807) is 25.4 Å². The van der Waals surface area contributed by atoms with Crippen molar-refractivity contribution in [1.82, 2.24) is 25.8 Å². The molecule has 3 aromatic rings. The first-order chi connectivity index (χ1) is 25.5. The number of aliphatic carboxylic acids is 1. The lowest BCUT2D eigenvalue weighted by Crippen LogP contribution is -2.56. The third kappa shape index (κ3) is 8.05. The Balaban J connectivity index is 1.26. The fourth-order valence-corrected chi connectivity index (χ4v) is 7.13. The molecule has 53 heavy (non-hydrogen) atoms. The zero-order valence-electron chi connectivity index (χ0n) is 30.1. The molecule has 5 N–H and O–H groups in total. The van der Waals surface area contributed by atoms with E-state index in [0.29, 0.717) is 17.7 Å². The number of hydrogen-bond acceptors (Lipinski definition) is 8. The number of rotatable bonds is 14. The molecule has 13 heteroatoms. The van der Waals surface area contributed by atoms with Crippen LogP contribution in [-0.2, 0) is 20.1 Å². The quantitative estimate of drug-likeness (QED) is 0.150. The molecule has 1 aliphatic carbocycles. The van der Waals surface area contributed by atoms with Crippen molar-refractivity contribution in [3.8, 4) is 5.75 Å². The van der Waals surface area contributed by atoms with Crippen LogP contribution in [0, 0.1) is 11.8 Å². The second-order valence-electron chi connectivity index (χ2n) is 14.2. The Kier molecular flexibility index (Phi) is 10.8. The summed E-state index contributed by atoms with van der Waals surface area (Å²) >= 11 is 0. The number of fused-ring (bicyclic) bond motifs is 1. The van der Waals surface area contributed by atoms with Crippen molar-refractivity contribution in [3.05, 3.63) is 108 Å². The van der Waals surface area contributed by atoms with Gasteiger partial charge in [0.1, 0.15) is 17.3 Å². The second kappa shape index (κ2) is 15.5. The lowest BCUT2D eigenvalue weighted by atomic mass is 9.95. The van der Waals surface area contributed by atoms with Crippen molar-refractivity contribution in [2.75, 3.05) is 25.5 Å². The van der Waals surface area contributed by atoms with Gasteiger partial charge in [-0.1, -0.05) is 56.3 Å². The number of urea groups is 1. The highest BCUT2D eigenvalue weighted by Crippen LogP contribution is 2.45. The van der Waals surface area contributed by atoms with E-state index in [4.69, 9.17) is 9.47 Å². The van der Waals surface area contributed by atoms with Crippen LogP contribution in [0.5, 0.6) is 5.75 Å². The van der Waals surface area contributed by atoms with Gasteiger partial charge in [-0.25, -0.2) is 9.59 Å². The molecule has 2 aromatic carbocycles. The molecule has 6 rings (SSSR count). The first kappa shape index (κ1) is 37.1. The summed E-state index contributed by atoms with van der Waals surface area (Å²) in [7, 11) is 1.60. The molecule has 1 aromatic heterocycles. The van der Waals surface area contributed by atoms with Gasteiger partial charge >= 0.3 is 12.0 Å². The molecule has 278 valence electrons.